The highest BCUT2D eigenvalue weighted by atomic mass is 16.5. The molecule has 0 amide bonds. The van der Waals surface area contributed by atoms with Crippen LogP contribution in [0.5, 0.6) is 5.88 Å². The number of hydrogen-bond acceptors (Lipinski definition) is 6. The van der Waals surface area contributed by atoms with Crippen LogP contribution in [-0.4, -0.2) is 69.4 Å². The molecular weight excluding hydrogens is 388 g/mol. The average molecular weight is 419 g/mol. The van der Waals surface area contributed by atoms with Gasteiger partial charge in [-0.3, -0.25) is 0 Å². The average Bonchev–Trinajstić information content (AvgIpc) is 2.74. The van der Waals surface area contributed by atoms with Crippen molar-refractivity contribution >= 4 is 16.7 Å². The summed E-state index contributed by atoms with van der Waals surface area (Å²) < 4.78 is 11.5. The van der Waals surface area contributed by atoms with Gasteiger partial charge < -0.3 is 19.3 Å². The van der Waals surface area contributed by atoms with Crippen LogP contribution in [0.4, 0.5) is 5.69 Å². The molecule has 0 saturated carbocycles. The number of aromatic nitrogens is 2. The Morgan fingerprint density at radius 3 is 2.32 bits per heavy atom. The fourth-order valence-corrected chi connectivity index (χ4v) is 2.85. The summed E-state index contributed by atoms with van der Waals surface area (Å²) in [5, 5.41) is 0. The van der Waals surface area contributed by atoms with Crippen molar-refractivity contribution in [2.45, 2.75) is 6.92 Å². The van der Waals surface area contributed by atoms with Gasteiger partial charge in [0.25, 0.3) is 0 Å². The molecule has 0 unspecified atom stereocenters. The van der Waals surface area contributed by atoms with Gasteiger partial charge >= 0.3 is 0 Å². The number of anilines is 1. The molecule has 0 fully saturated rings. The van der Waals surface area contributed by atoms with Crippen LogP contribution < -0.4 is 9.64 Å². The standard InChI is InChI=1S/C25H30N4O2/c1-19-6-12-22-24(18-19)26-23(13-9-20-7-10-21(11-8-20)29(4)5)25(27-22)31-17-16-30-15-14-28(2)3/h6-8,10-12,18H,14-17H2,1-5H3. The minimum Gasteiger partial charge on any atom is -0.473 e. The largest absolute Gasteiger partial charge is 0.473 e. The summed E-state index contributed by atoms with van der Waals surface area (Å²) in [6.45, 7) is 4.45. The topological polar surface area (TPSA) is 50.7 Å². The van der Waals surface area contributed by atoms with Crippen LogP contribution >= 0.6 is 0 Å². The summed E-state index contributed by atoms with van der Waals surface area (Å²) in [6, 6.07) is 14.1. The van der Waals surface area contributed by atoms with Crippen LogP contribution in [0, 0.1) is 18.8 Å². The molecule has 0 bridgehead atoms. The zero-order chi connectivity index (χ0) is 22.2. The number of hydrogen-bond donors (Lipinski definition) is 0. The minimum atomic E-state index is 0.395. The van der Waals surface area contributed by atoms with Crippen molar-refractivity contribution in [3.05, 3.63) is 59.3 Å². The molecule has 3 rings (SSSR count). The molecule has 2 aromatic carbocycles. The maximum Gasteiger partial charge on any atom is 0.249 e. The van der Waals surface area contributed by atoms with Crippen LogP contribution in [0.15, 0.2) is 42.5 Å². The predicted octanol–water partition coefficient (Wildman–Crippen LogP) is 3.36. The number of nitrogens with zero attached hydrogens (tertiary/aromatic N) is 4. The Morgan fingerprint density at radius 1 is 0.839 bits per heavy atom. The molecule has 0 spiro atoms. The summed E-state index contributed by atoms with van der Waals surface area (Å²) >= 11 is 0. The second-order valence-corrected chi connectivity index (χ2v) is 7.82. The van der Waals surface area contributed by atoms with Crippen molar-refractivity contribution in [2.24, 2.45) is 0 Å². The first-order chi connectivity index (χ1) is 14.9. The second-order valence-electron chi connectivity index (χ2n) is 7.82. The molecule has 1 heterocycles. The quantitative estimate of drug-likeness (QED) is 0.413. The zero-order valence-corrected chi connectivity index (χ0v) is 19.0. The first-order valence-electron chi connectivity index (χ1n) is 10.4. The normalized spacial score (nSPS) is 10.8. The van der Waals surface area contributed by atoms with E-state index < -0.39 is 0 Å². The molecule has 1 aromatic heterocycles. The van der Waals surface area contributed by atoms with E-state index in [0.29, 0.717) is 31.4 Å². The van der Waals surface area contributed by atoms with Gasteiger partial charge in [0.05, 0.1) is 24.2 Å². The van der Waals surface area contributed by atoms with E-state index in [9.17, 15) is 0 Å². The van der Waals surface area contributed by atoms with Crippen LogP contribution in [0.3, 0.4) is 0 Å². The molecule has 31 heavy (non-hydrogen) atoms. The number of aryl methyl sites for hydroxylation is 1. The van der Waals surface area contributed by atoms with Crippen molar-refractivity contribution in [2.75, 3.05) is 59.5 Å². The number of benzene rings is 2. The molecule has 0 aliphatic carbocycles. The molecule has 0 aliphatic rings. The monoisotopic (exact) mass is 418 g/mol. The van der Waals surface area contributed by atoms with Crippen LogP contribution in [-0.2, 0) is 4.74 Å². The van der Waals surface area contributed by atoms with Crippen molar-refractivity contribution < 1.29 is 9.47 Å². The van der Waals surface area contributed by atoms with E-state index in [0.717, 1.165) is 34.4 Å². The minimum absolute atomic E-state index is 0.395. The van der Waals surface area contributed by atoms with Gasteiger partial charge in [-0.2, -0.15) is 0 Å². The van der Waals surface area contributed by atoms with E-state index in [1.54, 1.807) is 0 Å². The van der Waals surface area contributed by atoms with Gasteiger partial charge in [0.15, 0.2) is 5.69 Å². The molecule has 162 valence electrons. The van der Waals surface area contributed by atoms with Gasteiger partial charge in [0.1, 0.15) is 6.61 Å². The molecule has 0 radical (unpaired) electrons. The highest BCUT2D eigenvalue weighted by molar-refractivity contribution is 5.76. The van der Waals surface area contributed by atoms with Gasteiger partial charge in [0.2, 0.25) is 5.88 Å². The van der Waals surface area contributed by atoms with E-state index in [-0.39, 0.29) is 0 Å². The number of fused-ring (bicyclic) bond motifs is 1. The molecule has 6 heteroatoms. The van der Waals surface area contributed by atoms with Crippen LogP contribution in [0.25, 0.3) is 11.0 Å². The Hall–Kier alpha value is -3.14. The van der Waals surface area contributed by atoms with Crippen LogP contribution in [0.1, 0.15) is 16.8 Å². The highest BCUT2D eigenvalue weighted by Gasteiger charge is 2.09. The predicted molar refractivity (Wildman–Crippen MR) is 126 cm³/mol. The Kier molecular flexibility index (Phi) is 7.82. The van der Waals surface area contributed by atoms with E-state index in [2.05, 4.69) is 26.6 Å². The van der Waals surface area contributed by atoms with Gasteiger partial charge in [-0.1, -0.05) is 12.0 Å². The molecule has 0 aliphatic heterocycles. The third-order valence-electron chi connectivity index (χ3n) is 4.65. The lowest BCUT2D eigenvalue weighted by Crippen LogP contribution is -2.19. The Balaban J connectivity index is 1.80. The maximum absolute atomic E-state index is 5.90. The van der Waals surface area contributed by atoms with Crippen molar-refractivity contribution in [3.8, 4) is 17.7 Å². The number of likely N-dealkylation sites (N-methyl/N-ethyl adjacent to an activating group) is 1. The lowest BCUT2D eigenvalue weighted by atomic mass is 10.2. The van der Waals surface area contributed by atoms with E-state index >= 15 is 0 Å². The molecule has 0 N–H and O–H groups in total. The van der Waals surface area contributed by atoms with E-state index in [1.807, 2.05) is 77.6 Å². The first kappa shape index (κ1) is 22.5. The number of ether oxygens (including phenoxy) is 2. The Labute approximate surface area is 184 Å². The summed E-state index contributed by atoms with van der Waals surface area (Å²) in [5.74, 6) is 6.76. The molecule has 3 aromatic rings. The molecule has 0 atom stereocenters. The molecule has 6 nitrogen and oxygen atoms in total. The summed E-state index contributed by atoms with van der Waals surface area (Å²) in [4.78, 5) is 13.5. The third-order valence-corrected chi connectivity index (χ3v) is 4.65. The fourth-order valence-electron chi connectivity index (χ4n) is 2.85. The SMILES string of the molecule is Cc1ccc2nc(OCCOCCN(C)C)c(C#Cc3ccc(N(C)C)cc3)nc2c1. The lowest BCUT2D eigenvalue weighted by molar-refractivity contribution is 0.0875. The van der Waals surface area contributed by atoms with Gasteiger partial charge in [-0.05, 0) is 68.9 Å². The number of rotatable bonds is 8. The molecule has 0 saturated heterocycles. The van der Waals surface area contributed by atoms with Gasteiger partial charge in [-0.25, -0.2) is 9.97 Å². The third kappa shape index (κ3) is 6.68. The molecular formula is C25H30N4O2. The highest BCUT2D eigenvalue weighted by Crippen LogP contribution is 2.20. The fraction of sp³-hybridized carbons (Fsp3) is 0.360. The summed E-state index contributed by atoms with van der Waals surface area (Å²) in [6.07, 6.45) is 0. The van der Waals surface area contributed by atoms with Crippen molar-refractivity contribution in [1.29, 1.82) is 0 Å². The van der Waals surface area contributed by atoms with Crippen LogP contribution in [0.2, 0.25) is 0 Å². The van der Waals surface area contributed by atoms with E-state index in [1.165, 1.54) is 0 Å². The maximum atomic E-state index is 5.90. The second kappa shape index (κ2) is 10.8. The zero-order valence-electron chi connectivity index (χ0n) is 19.0. The van der Waals surface area contributed by atoms with E-state index in [4.69, 9.17) is 14.5 Å². The van der Waals surface area contributed by atoms with Crippen molar-refractivity contribution in [1.82, 2.24) is 14.9 Å². The summed E-state index contributed by atoms with van der Waals surface area (Å²) in [7, 11) is 8.07. The van der Waals surface area contributed by atoms with Crippen molar-refractivity contribution in [3.63, 3.8) is 0 Å². The Morgan fingerprint density at radius 2 is 1.61 bits per heavy atom. The van der Waals surface area contributed by atoms with Gasteiger partial charge in [-0.15, -0.1) is 0 Å². The Bertz CT molecular complexity index is 1070. The first-order valence-corrected chi connectivity index (χ1v) is 10.4. The summed E-state index contributed by atoms with van der Waals surface area (Å²) in [5.41, 5.74) is 5.29. The lowest BCUT2D eigenvalue weighted by Gasteiger charge is -2.11. The van der Waals surface area contributed by atoms with Gasteiger partial charge in [0, 0.05) is 31.9 Å². The smallest absolute Gasteiger partial charge is 0.249 e.